The number of nitrogens with two attached hydrogens (primary N) is 1. The maximum absolute atomic E-state index is 11.9. The Hall–Kier alpha value is -1.10. The van der Waals surface area contributed by atoms with Gasteiger partial charge < -0.3 is 16.4 Å². The lowest BCUT2D eigenvalue weighted by Crippen LogP contribution is -2.41. The van der Waals surface area contributed by atoms with E-state index in [2.05, 4.69) is 10.6 Å². The lowest BCUT2D eigenvalue weighted by atomic mass is 9.81. The van der Waals surface area contributed by atoms with Gasteiger partial charge in [0, 0.05) is 12.5 Å². The summed E-state index contributed by atoms with van der Waals surface area (Å²) in [4.78, 5) is 23.4. The predicted octanol–water partition coefficient (Wildman–Crippen LogP) is 0.640. The number of hydrogen-bond donors (Lipinski definition) is 3. The van der Waals surface area contributed by atoms with Gasteiger partial charge in [-0.2, -0.15) is 0 Å². The maximum Gasteiger partial charge on any atom is 0.239 e. The van der Waals surface area contributed by atoms with Crippen LogP contribution in [-0.2, 0) is 9.59 Å². The van der Waals surface area contributed by atoms with E-state index < -0.39 is 0 Å². The van der Waals surface area contributed by atoms with Gasteiger partial charge in [-0.3, -0.25) is 9.59 Å². The van der Waals surface area contributed by atoms with Crippen LogP contribution in [0.25, 0.3) is 0 Å². The highest BCUT2D eigenvalue weighted by molar-refractivity contribution is 5.85. The molecule has 1 saturated carbocycles. The molecule has 0 aromatic heterocycles. The third-order valence-electron chi connectivity index (χ3n) is 3.68. The molecule has 0 aromatic rings. The number of hydrogen-bond acceptors (Lipinski definition) is 3. The van der Waals surface area contributed by atoms with Crippen LogP contribution in [0.15, 0.2) is 0 Å². The van der Waals surface area contributed by atoms with Crippen LogP contribution in [0.5, 0.6) is 0 Å². The van der Waals surface area contributed by atoms with Gasteiger partial charge in [0.05, 0.1) is 6.54 Å². The molecular weight excluding hydrogens is 242 g/mol. The van der Waals surface area contributed by atoms with Crippen molar-refractivity contribution < 1.29 is 9.59 Å². The summed E-state index contributed by atoms with van der Waals surface area (Å²) in [5, 5.41) is 5.51. The van der Waals surface area contributed by atoms with Crippen molar-refractivity contribution in [1.82, 2.24) is 10.6 Å². The zero-order valence-corrected chi connectivity index (χ0v) is 12.1. The molecule has 1 aliphatic rings. The first kappa shape index (κ1) is 16.0. The molecule has 0 aromatic carbocycles. The van der Waals surface area contributed by atoms with Crippen molar-refractivity contribution in [3.05, 3.63) is 0 Å². The van der Waals surface area contributed by atoms with Gasteiger partial charge in [-0.15, -0.1) is 0 Å². The summed E-state index contributed by atoms with van der Waals surface area (Å²) in [6, 6.07) is 0. The summed E-state index contributed by atoms with van der Waals surface area (Å²) >= 11 is 0. The molecule has 0 radical (unpaired) electrons. The van der Waals surface area contributed by atoms with Crippen LogP contribution in [0.3, 0.4) is 0 Å². The van der Waals surface area contributed by atoms with Crippen molar-refractivity contribution >= 4 is 11.8 Å². The monoisotopic (exact) mass is 269 g/mol. The van der Waals surface area contributed by atoms with E-state index in [1.54, 1.807) is 0 Å². The van der Waals surface area contributed by atoms with Crippen molar-refractivity contribution in [3.63, 3.8) is 0 Å². The zero-order chi connectivity index (χ0) is 14.3. The average molecular weight is 269 g/mol. The highest BCUT2D eigenvalue weighted by atomic mass is 16.2. The van der Waals surface area contributed by atoms with Crippen LogP contribution < -0.4 is 16.4 Å². The van der Waals surface area contributed by atoms with Crippen molar-refractivity contribution in [2.24, 2.45) is 23.5 Å². The summed E-state index contributed by atoms with van der Waals surface area (Å²) in [6.07, 6.45) is 3.82. The number of rotatable bonds is 6. The fourth-order valence-corrected chi connectivity index (χ4v) is 2.35. The van der Waals surface area contributed by atoms with Crippen molar-refractivity contribution in [2.75, 3.05) is 19.6 Å². The molecular formula is C14H27N3O2. The molecule has 1 rings (SSSR count). The second-order valence-corrected chi connectivity index (χ2v) is 5.87. The van der Waals surface area contributed by atoms with Crippen LogP contribution in [0.4, 0.5) is 0 Å². The molecule has 1 aliphatic carbocycles. The van der Waals surface area contributed by atoms with Crippen LogP contribution in [0, 0.1) is 17.8 Å². The maximum atomic E-state index is 11.9. The van der Waals surface area contributed by atoms with Crippen LogP contribution in [-0.4, -0.2) is 31.4 Å². The number of amides is 2. The van der Waals surface area contributed by atoms with Gasteiger partial charge in [0.2, 0.25) is 11.8 Å². The molecule has 0 heterocycles. The van der Waals surface area contributed by atoms with E-state index >= 15 is 0 Å². The third kappa shape index (κ3) is 6.05. The molecule has 1 fully saturated rings. The summed E-state index contributed by atoms with van der Waals surface area (Å²) in [6.45, 7) is 5.52. The van der Waals surface area contributed by atoms with E-state index in [-0.39, 0.29) is 24.3 Å². The smallest absolute Gasteiger partial charge is 0.239 e. The molecule has 5 heteroatoms. The van der Waals surface area contributed by atoms with Gasteiger partial charge in [0.1, 0.15) is 0 Å². The average Bonchev–Trinajstić information content (AvgIpc) is 2.42. The SMILES string of the molecule is CC(C)CNC(=O)CNC(=O)C1CCC(CN)CC1. The molecule has 0 atom stereocenters. The van der Waals surface area contributed by atoms with E-state index in [0.29, 0.717) is 24.9 Å². The van der Waals surface area contributed by atoms with E-state index in [1.807, 2.05) is 13.8 Å². The lowest BCUT2D eigenvalue weighted by Gasteiger charge is -2.26. The van der Waals surface area contributed by atoms with Crippen molar-refractivity contribution in [2.45, 2.75) is 39.5 Å². The molecule has 4 N–H and O–H groups in total. The first-order chi connectivity index (χ1) is 9.02. The van der Waals surface area contributed by atoms with Gasteiger partial charge in [0.15, 0.2) is 0 Å². The normalized spacial score (nSPS) is 23.2. The Morgan fingerprint density at radius 3 is 2.32 bits per heavy atom. The second kappa shape index (κ2) is 8.15. The van der Waals surface area contributed by atoms with E-state index in [1.165, 1.54) is 0 Å². The van der Waals surface area contributed by atoms with Crippen molar-refractivity contribution in [3.8, 4) is 0 Å². The molecule has 0 unspecified atom stereocenters. The Balaban J connectivity index is 2.19. The van der Waals surface area contributed by atoms with Crippen molar-refractivity contribution in [1.29, 1.82) is 0 Å². The Kier molecular flexibility index (Phi) is 6.84. The Morgan fingerprint density at radius 1 is 1.16 bits per heavy atom. The standard InChI is InChI=1S/C14H27N3O2/c1-10(2)8-16-13(18)9-17-14(19)12-5-3-11(7-15)4-6-12/h10-12H,3-9,15H2,1-2H3,(H,16,18)(H,17,19). The van der Waals surface area contributed by atoms with E-state index in [0.717, 1.165) is 25.7 Å². The van der Waals surface area contributed by atoms with Crippen LogP contribution in [0.1, 0.15) is 39.5 Å². The zero-order valence-electron chi connectivity index (χ0n) is 12.1. The summed E-state index contributed by atoms with van der Waals surface area (Å²) in [5.74, 6) is 0.943. The molecule has 0 saturated heterocycles. The van der Waals surface area contributed by atoms with Crippen LogP contribution in [0.2, 0.25) is 0 Å². The first-order valence-corrected chi connectivity index (χ1v) is 7.27. The summed E-state index contributed by atoms with van der Waals surface area (Å²) in [7, 11) is 0. The number of carbonyl (C=O) groups is 2. The predicted molar refractivity (Wildman–Crippen MR) is 75.4 cm³/mol. The minimum absolute atomic E-state index is 0.00942. The Bertz CT molecular complexity index is 297. The van der Waals surface area contributed by atoms with E-state index in [4.69, 9.17) is 5.73 Å². The lowest BCUT2D eigenvalue weighted by molar-refractivity contribution is -0.129. The van der Waals surface area contributed by atoms with Gasteiger partial charge in [-0.25, -0.2) is 0 Å². The molecule has 5 nitrogen and oxygen atoms in total. The molecule has 19 heavy (non-hydrogen) atoms. The first-order valence-electron chi connectivity index (χ1n) is 7.27. The molecule has 0 aliphatic heterocycles. The number of nitrogens with one attached hydrogen (secondary N) is 2. The van der Waals surface area contributed by atoms with Gasteiger partial charge in [-0.05, 0) is 44.1 Å². The summed E-state index contributed by atoms with van der Waals surface area (Å²) in [5.41, 5.74) is 5.63. The van der Waals surface area contributed by atoms with Gasteiger partial charge in [0.25, 0.3) is 0 Å². The quantitative estimate of drug-likeness (QED) is 0.661. The minimum atomic E-state index is -0.113. The molecule has 0 spiro atoms. The molecule has 0 bridgehead atoms. The fourth-order valence-electron chi connectivity index (χ4n) is 2.35. The Labute approximate surface area is 115 Å². The van der Waals surface area contributed by atoms with Gasteiger partial charge >= 0.3 is 0 Å². The fraction of sp³-hybridized carbons (Fsp3) is 0.857. The van der Waals surface area contributed by atoms with Gasteiger partial charge in [-0.1, -0.05) is 13.8 Å². The Morgan fingerprint density at radius 2 is 1.79 bits per heavy atom. The topological polar surface area (TPSA) is 84.2 Å². The highest BCUT2D eigenvalue weighted by Crippen LogP contribution is 2.27. The second-order valence-electron chi connectivity index (χ2n) is 5.87. The number of carbonyl (C=O) groups excluding carboxylic acids is 2. The van der Waals surface area contributed by atoms with Crippen LogP contribution >= 0.6 is 0 Å². The van der Waals surface area contributed by atoms with E-state index in [9.17, 15) is 9.59 Å². The summed E-state index contributed by atoms with van der Waals surface area (Å²) < 4.78 is 0. The minimum Gasteiger partial charge on any atom is -0.354 e. The largest absolute Gasteiger partial charge is 0.354 e. The highest BCUT2D eigenvalue weighted by Gasteiger charge is 2.25. The molecule has 110 valence electrons. The molecule has 2 amide bonds. The third-order valence-corrected chi connectivity index (χ3v) is 3.68.